The van der Waals surface area contributed by atoms with E-state index in [1.165, 1.54) is 16.7 Å². The standard InChI is InChI=1S/C21H22N4O2/c1-12-6-13(2)20(14(3)7-12)24-21-17-10-22-11-25(17)16-9-19(27-5)18(26-4)8-15(16)23-21/h6-11H,1-5H3,(H,23,24). The summed E-state index contributed by atoms with van der Waals surface area (Å²) in [7, 11) is 3.25. The predicted molar refractivity (Wildman–Crippen MR) is 108 cm³/mol. The van der Waals surface area contributed by atoms with Gasteiger partial charge in [0.25, 0.3) is 0 Å². The Morgan fingerprint density at radius 3 is 2.22 bits per heavy atom. The molecule has 0 aliphatic rings. The van der Waals surface area contributed by atoms with E-state index in [2.05, 4.69) is 43.2 Å². The molecule has 138 valence electrons. The number of anilines is 2. The zero-order valence-electron chi connectivity index (χ0n) is 16.1. The molecule has 0 fully saturated rings. The first-order valence-corrected chi connectivity index (χ1v) is 8.74. The first kappa shape index (κ1) is 17.1. The molecule has 0 saturated heterocycles. The van der Waals surface area contributed by atoms with Crippen LogP contribution in [0, 0.1) is 20.8 Å². The molecule has 2 aromatic heterocycles. The fraction of sp³-hybridized carbons (Fsp3) is 0.238. The Labute approximate surface area is 157 Å². The number of methoxy groups -OCH3 is 2. The maximum atomic E-state index is 5.44. The molecule has 0 aliphatic carbocycles. The molecule has 0 aliphatic heterocycles. The largest absolute Gasteiger partial charge is 0.493 e. The summed E-state index contributed by atoms with van der Waals surface area (Å²) in [6, 6.07) is 8.13. The highest BCUT2D eigenvalue weighted by Crippen LogP contribution is 2.34. The number of rotatable bonds is 4. The van der Waals surface area contributed by atoms with Gasteiger partial charge in [-0.15, -0.1) is 0 Å². The maximum absolute atomic E-state index is 5.44. The van der Waals surface area contributed by atoms with Crippen molar-refractivity contribution in [1.29, 1.82) is 0 Å². The second-order valence-corrected chi connectivity index (χ2v) is 6.70. The number of benzene rings is 2. The van der Waals surface area contributed by atoms with Crippen molar-refractivity contribution in [3.8, 4) is 11.5 Å². The van der Waals surface area contributed by atoms with Crippen molar-refractivity contribution >= 4 is 28.1 Å². The molecular weight excluding hydrogens is 340 g/mol. The molecule has 0 amide bonds. The molecule has 0 bridgehead atoms. The van der Waals surface area contributed by atoms with Crippen LogP contribution < -0.4 is 14.8 Å². The first-order valence-electron chi connectivity index (χ1n) is 8.74. The minimum atomic E-state index is 0.644. The van der Waals surface area contributed by atoms with Gasteiger partial charge in [-0.1, -0.05) is 17.7 Å². The number of fused-ring (bicyclic) bond motifs is 3. The highest BCUT2D eigenvalue weighted by atomic mass is 16.5. The van der Waals surface area contributed by atoms with Crippen molar-refractivity contribution in [2.45, 2.75) is 20.8 Å². The maximum Gasteiger partial charge on any atom is 0.163 e. The summed E-state index contributed by atoms with van der Waals surface area (Å²) in [6.45, 7) is 6.31. The Bertz CT molecular complexity index is 1140. The van der Waals surface area contributed by atoms with E-state index in [1.807, 2.05) is 22.7 Å². The molecule has 0 spiro atoms. The van der Waals surface area contributed by atoms with Crippen LogP contribution in [-0.2, 0) is 0 Å². The van der Waals surface area contributed by atoms with Gasteiger partial charge in [-0.25, -0.2) is 9.97 Å². The van der Waals surface area contributed by atoms with Crippen molar-refractivity contribution in [3.63, 3.8) is 0 Å². The SMILES string of the molecule is COc1cc2nc(Nc3c(C)cc(C)cc3C)c3cncn3c2cc1OC. The van der Waals surface area contributed by atoms with E-state index in [1.54, 1.807) is 20.5 Å². The number of hydrogen-bond acceptors (Lipinski definition) is 5. The van der Waals surface area contributed by atoms with Crippen LogP contribution in [0.2, 0.25) is 0 Å². The normalized spacial score (nSPS) is 11.1. The van der Waals surface area contributed by atoms with Gasteiger partial charge in [-0.2, -0.15) is 0 Å². The molecule has 2 aromatic carbocycles. The number of nitrogens with one attached hydrogen (secondary N) is 1. The topological polar surface area (TPSA) is 60.7 Å². The van der Waals surface area contributed by atoms with Gasteiger partial charge >= 0.3 is 0 Å². The Morgan fingerprint density at radius 1 is 0.889 bits per heavy atom. The van der Waals surface area contributed by atoms with Crippen LogP contribution in [0.5, 0.6) is 11.5 Å². The average molecular weight is 362 g/mol. The van der Waals surface area contributed by atoms with Crippen LogP contribution in [0.1, 0.15) is 16.7 Å². The molecular formula is C21H22N4O2. The van der Waals surface area contributed by atoms with Gasteiger partial charge in [0.15, 0.2) is 17.3 Å². The second kappa shape index (κ2) is 6.46. The summed E-state index contributed by atoms with van der Waals surface area (Å²) < 4.78 is 12.9. The van der Waals surface area contributed by atoms with E-state index in [0.29, 0.717) is 11.5 Å². The van der Waals surface area contributed by atoms with Crippen LogP contribution in [-0.4, -0.2) is 28.6 Å². The van der Waals surface area contributed by atoms with E-state index >= 15 is 0 Å². The van der Waals surface area contributed by atoms with E-state index < -0.39 is 0 Å². The van der Waals surface area contributed by atoms with Gasteiger partial charge in [0, 0.05) is 17.8 Å². The number of hydrogen-bond donors (Lipinski definition) is 1. The minimum absolute atomic E-state index is 0.644. The van der Waals surface area contributed by atoms with Crippen LogP contribution >= 0.6 is 0 Å². The number of nitrogens with zero attached hydrogens (tertiary/aromatic N) is 3. The van der Waals surface area contributed by atoms with Crippen molar-refractivity contribution < 1.29 is 9.47 Å². The van der Waals surface area contributed by atoms with Crippen LogP contribution in [0.4, 0.5) is 11.5 Å². The Kier molecular flexibility index (Phi) is 4.11. The van der Waals surface area contributed by atoms with Crippen molar-refractivity contribution in [1.82, 2.24) is 14.4 Å². The molecule has 6 heteroatoms. The summed E-state index contributed by atoms with van der Waals surface area (Å²) in [5, 5.41) is 3.51. The van der Waals surface area contributed by atoms with Crippen LogP contribution in [0.3, 0.4) is 0 Å². The van der Waals surface area contributed by atoms with E-state index in [0.717, 1.165) is 28.1 Å². The average Bonchev–Trinajstić information content (AvgIpc) is 3.13. The third-order valence-corrected chi connectivity index (χ3v) is 4.77. The Balaban J connectivity index is 1.94. The Hall–Kier alpha value is -3.28. The summed E-state index contributed by atoms with van der Waals surface area (Å²) in [5.74, 6) is 2.06. The molecule has 6 nitrogen and oxygen atoms in total. The van der Waals surface area contributed by atoms with Crippen molar-refractivity contribution in [2.24, 2.45) is 0 Å². The molecule has 0 unspecified atom stereocenters. The zero-order chi connectivity index (χ0) is 19.1. The van der Waals surface area contributed by atoms with Crippen LogP contribution in [0.15, 0.2) is 36.8 Å². The monoisotopic (exact) mass is 362 g/mol. The molecule has 2 heterocycles. The molecule has 4 aromatic rings. The molecule has 0 saturated carbocycles. The minimum Gasteiger partial charge on any atom is -0.493 e. The lowest BCUT2D eigenvalue weighted by atomic mass is 10.1. The fourth-order valence-electron chi connectivity index (χ4n) is 3.57. The van der Waals surface area contributed by atoms with Gasteiger partial charge < -0.3 is 14.8 Å². The van der Waals surface area contributed by atoms with E-state index in [4.69, 9.17) is 14.5 Å². The van der Waals surface area contributed by atoms with Gasteiger partial charge in [0.05, 0.1) is 37.8 Å². The van der Waals surface area contributed by atoms with Gasteiger partial charge in [-0.05, 0) is 31.9 Å². The summed E-state index contributed by atoms with van der Waals surface area (Å²) in [6.07, 6.45) is 3.59. The second-order valence-electron chi connectivity index (χ2n) is 6.70. The summed E-state index contributed by atoms with van der Waals surface area (Å²) in [5.41, 5.74) is 7.27. The molecule has 1 N–H and O–H groups in total. The van der Waals surface area contributed by atoms with Crippen LogP contribution in [0.25, 0.3) is 16.6 Å². The molecule has 0 radical (unpaired) electrons. The van der Waals surface area contributed by atoms with Gasteiger partial charge in [0.1, 0.15) is 5.52 Å². The fourth-order valence-corrected chi connectivity index (χ4v) is 3.57. The lowest BCUT2D eigenvalue weighted by Crippen LogP contribution is -2.03. The highest BCUT2D eigenvalue weighted by Gasteiger charge is 2.15. The van der Waals surface area contributed by atoms with Crippen molar-refractivity contribution in [2.75, 3.05) is 19.5 Å². The lowest BCUT2D eigenvalue weighted by Gasteiger charge is -2.16. The van der Waals surface area contributed by atoms with Gasteiger partial charge in [-0.3, -0.25) is 4.40 Å². The summed E-state index contributed by atoms with van der Waals surface area (Å²) in [4.78, 5) is 9.17. The zero-order valence-corrected chi connectivity index (χ0v) is 16.1. The highest BCUT2D eigenvalue weighted by molar-refractivity contribution is 5.88. The van der Waals surface area contributed by atoms with Gasteiger partial charge in [0.2, 0.25) is 0 Å². The van der Waals surface area contributed by atoms with E-state index in [-0.39, 0.29) is 0 Å². The summed E-state index contributed by atoms with van der Waals surface area (Å²) >= 11 is 0. The number of aryl methyl sites for hydroxylation is 3. The smallest absolute Gasteiger partial charge is 0.163 e. The quantitative estimate of drug-likeness (QED) is 0.576. The van der Waals surface area contributed by atoms with E-state index in [9.17, 15) is 0 Å². The molecule has 0 atom stereocenters. The first-order chi connectivity index (χ1) is 13.0. The third kappa shape index (κ3) is 2.83. The predicted octanol–water partition coefficient (Wildman–Crippen LogP) is 4.57. The number of ether oxygens (including phenoxy) is 2. The number of imidazole rings is 1. The third-order valence-electron chi connectivity index (χ3n) is 4.77. The van der Waals surface area contributed by atoms with Crippen molar-refractivity contribution in [3.05, 3.63) is 53.5 Å². The lowest BCUT2D eigenvalue weighted by molar-refractivity contribution is 0.355. The number of aromatic nitrogens is 3. The molecule has 27 heavy (non-hydrogen) atoms. The molecule has 4 rings (SSSR count). The Morgan fingerprint density at radius 2 is 1.56 bits per heavy atom.